The molecule has 118 valence electrons. The number of carbonyl (C=O) groups excluding carboxylic acids is 1. The lowest BCUT2D eigenvalue weighted by Gasteiger charge is -2.11. The quantitative estimate of drug-likeness (QED) is 0.854. The first-order valence-electron chi connectivity index (χ1n) is 6.45. The van der Waals surface area contributed by atoms with E-state index in [1.807, 2.05) is 0 Å². The SMILES string of the molecule is N#CCC(=O)Nc1ccc(-c2ccc(F)c(C(F)(F)F)c2)cc1. The second kappa shape index (κ2) is 6.48. The fourth-order valence-corrected chi connectivity index (χ4v) is 1.95. The number of alkyl halides is 3. The molecule has 1 N–H and O–H groups in total. The van der Waals surface area contributed by atoms with Crippen molar-refractivity contribution in [2.24, 2.45) is 0 Å². The van der Waals surface area contributed by atoms with Crippen LogP contribution in [-0.2, 0) is 11.0 Å². The van der Waals surface area contributed by atoms with Crippen LogP contribution in [0.4, 0.5) is 23.2 Å². The zero-order valence-electron chi connectivity index (χ0n) is 11.6. The second-order valence-corrected chi connectivity index (χ2v) is 4.65. The van der Waals surface area contributed by atoms with Crippen LogP contribution in [0.3, 0.4) is 0 Å². The normalized spacial score (nSPS) is 10.9. The number of carbonyl (C=O) groups is 1. The van der Waals surface area contributed by atoms with Gasteiger partial charge in [-0.1, -0.05) is 18.2 Å². The third-order valence-corrected chi connectivity index (χ3v) is 3.01. The van der Waals surface area contributed by atoms with Crippen LogP contribution in [0.1, 0.15) is 12.0 Å². The van der Waals surface area contributed by atoms with Crippen molar-refractivity contribution >= 4 is 11.6 Å². The molecular formula is C16H10F4N2O. The van der Waals surface area contributed by atoms with Crippen LogP contribution in [0.25, 0.3) is 11.1 Å². The summed E-state index contributed by atoms with van der Waals surface area (Å²) in [7, 11) is 0. The van der Waals surface area contributed by atoms with E-state index >= 15 is 0 Å². The Morgan fingerprint density at radius 1 is 1.09 bits per heavy atom. The van der Waals surface area contributed by atoms with Crippen LogP contribution in [0.2, 0.25) is 0 Å². The van der Waals surface area contributed by atoms with Crippen LogP contribution in [0, 0.1) is 17.1 Å². The highest BCUT2D eigenvalue weighted by molar-refractivity contribution is 5.92. The number of anilines is 1. The Kier molecular flexibility index (Phi) is 4.65. The molecule has 7 heteroatoms. The van der Waals surface area contributed by atoms with Gasteiger partial charge in [-0.05, 0) is 35.4 Å². The van der Waals surface area contributed by atoms with Gasteiger partial charge in [-0.15, -0.1) is 0 Å². The van der Waals surface area contributed by atoms with Crippen molar-refractivity contribution in [3.05, 3.63) is 53.8 Å². The lowest BCUT2D eigenvalue weighted by molar-refractivity contribution is -0.140. The summed E-state index contributed by atoms with van der Waals surface area (Å²) >= 11 is 0. The minimum Gasteiger partial charge on any atom is -0.325 e. The maximum Gasteiger partial charge on any atom is 0.419 e. The number of hydrogen-bond acceptors (Lipinski definition) is 2. The van der Waals surface area contributed by atoms with E-state index in [0.717, 1.165) is 12.1 Å². The van der Waals surface area contributed by atoms with Crippen molar-refractivity contribution in [2.45, 2.75) is 12.6 Å². The molecule has 2 aromatic carbocycles. The second-order valence-electron chi connectivity index (χ2n) is 4.65. The number of nitrogens with zero attached hydrogens (tertiary/aromatic N) is 1. The first kappa shape index (κ1) is 16.5. The summed E-state index contributed by atoms with van der Waals surface area (Å²) in [6.45, 7) is 0. The lowest BCUT2D eigenvalue weighted by atomic mass is 10.0. The lowest BCUT2D eigenvalue weighted by Crippen LogP contribution is -2.09. The van der Waals surface area contributed by atoms with Crippen LogP contribution in [-0.4, -0.2) is 5.91 Å². The molecule has 0 radical (unpaired) electrons. The van der Waals surface area contributed by atoms with E-state index in [-0.39, 0.29) is 12.0 Å². The van der Waals surface area contributed by atoms with Crippen molar-refractivity contribution < 1.29 is 22.4 Å². The third kappa shape index (κ3) is 4.07. The minimum atomic E-state index is -4.77. The first-order valence-corrected chi connectivity index (χ1v) is 6.45. The van der Waals surface area contributed by atoms with E-state index in [0.29, 0.717) is 11.3 Å². The summed E-state index contributed by atoms with van der Waals surface area (Å²) in [6, 6.07) is 10.4. The number of hydrogen-bond donors (Lipinski definition) is 1. The molecule has 0 spiro atoms. The first-order chi connectivity index (χ1) is 10.8. The Labute approximate surface area is 129 Å². The number of halogens is 4. The summed E-state index contributed by atoms with van der Waals surface area (Å²) in [5.74, 6) is -1.82. The van der Waals surface area contributed by atoms with Crippen LogP contribution >= 0.6 is 0 Å². The van der Waals surface area contributed by atoms with Gasteiger partial charge in [-0.25, -0.2) is 4.39 Å². The highest BCUT2D eigenvalue weighted by Crippen LogP contribution is 2.34. The molecular weight excluding hydrogens is 312 g/mol. The van der Waals surface area contributed by atoms with E-state index in [2.05, 4.69) is 5.32 Å². The van der Waals surface area contributed by atoms with Gasteiger partial charge in [0.05, 0.1) is 11.6 Å². The number of rotatable bonds is 3. The zero-order valence-corrected chi connectivity index (χ0v) is 11.6. The Hall–Kier alpha value is -2.88. The predicted molar refractivity (Wildman–Crippen MR) is 75.7 cm³/mol. The molecule has 2 aromatic rings. The molecule has 2 rings (SSSR count). The topological polar surface area (TPSA) is 52.9 Å². The van der Waals surface area contributed by atoms with Gasteiger partial charge < -0.3 is 5.32 Å². The van der Waals surface area contributed by atoms with E-state index in [9.17, 15) is 22.4 Å². The number of benzene rings is 2. The fourth-order valence-electron chi connectivity index (χ4n) is 1.95. The Morgan fingerprint density at radius 2 is 1.70 bits per heavy atom. The predicted octanol–water partition coefficient (Wildman–Crippen LogP) is 4.36. The Balaban J connectivity index is 2.27. The van der Waals surface area contributed by atoms with Gasteiger partial charge in [0.15, 0.2) is 0 Å². The van der Waals surface area contributed by atoms with Crippen molar-refractivity contribution in [1.29, 1.82) is 5.26 Å². The maximum atomic E-state index is 13.3. The number of nitrogens with one attached hydrogen (secondary N) is 1. The van der Waals surface area contributed by atoms with Crippen LogP contribution in [0.15, 0.2) is 42.5 Å². The Bertz CT molecular complexity index is 761. The van der Waals surface area contributed by atoms with Gasteiger partial charge >= 0.3 is 6.18 Å². The monoisotopic (exact) mass is 322 g/mol. The van der Waals surface area contributed by atoms with Crippen LogP contribution < -0.4 is 5.32 Å². The molecule has 0 aliphatic carbocycles. The number of nitriles is 1. The van der Waals surface area contributed by atoms with Crippen molar-refractivity contribution in [1.82, 2.24) is 0 Å². The molecule has 0 saturated heterocycles. The molecule has 0 bridgehead atoms. The average Bonchev–Trinajstić information content (AvgIpc) is 2.48. The molecule has 0 saturated carbocycles. The average molecular weight is 322 g/mol. The number of amides is 1. The molecule has 0 atom stereocenters. The molecule has 23 heavy (non-hydrogen) atoms. The van der Waals surface area contributed by atoms with Gasteiger partial charge in [-0.3, -0.25) is 4.79 Å². The summed E-state index contributed by atoms with van der Waals surface area (Å²) in [6.07, 6.45) is -5.07. The molecule has 0 aliphatic rings. The van der Waals surface area contributed by atoms with E-state index in [4.69, 9.17) is 5.26 Å². The molecule has 1 amide bonds. The van der Waals surface area contributed by atoms with Crippen molar-refractivity contribution in [3.63, 3.8) is 0 Å². The highest BCUT2D eigenvalue weighted by Gasteiger charge is 2.34. The smallest absolute Gasteiger partial charge is 0.325 e. The summed E-state index contributed by atoms with van der Waals surface area (Å²) < 4.78 is 51.4. The van der Waals surface area contributed by atoms with Gasteiger partial charge in [0.1, 0.15) is 12.2 Å². The fraction of sp³-hybridized carbons (Fsp3) is 0.125. The zero-order chi connectivity index (χ0) is 17.0. The molecule has 0 aliphatic heterocycles. The molecule has 0 fully saturated rings. The summed E-state index contributed by atoms with van der Waals surface area (Å²) in [5, 5.41) is 10.9. The minimum absolute atomic E-state index is 0.202. The summed E-state index contributed by atoms with van der Waals surface area (Å²) in [4.78, 5) is 11.3. The third-order valence-electron chi connectivity index (χ3n) is 3.01. The largest absolute Gasteiger partial charge is 0.419 e. The van der Waals surface area contributed by atoms with Crippen molar-refractivity contribution in [2.75, 3.05) is 5.32 Å². The molecule has 0 aromatic heterocycles. The van der Waals surface area contributed by atoms with E-state index < -0.39 is 23.5 Å². The van der Waals surface area contributed by atoms with Crippen LogP contribution in [0.5, 0.6) is 0 Å². The van der Waals surface area contributed by atoms with Gasteiger partial charge in [0.25, 0.3) is 0 Å². The highest BCUT2D eigenvalue weighted by atomic mass is 19.4. The molecule has 3 nitrogen and oxygen atoms in total. The Morgan fingerprint density at radius 3 is 2.26 bits per heavy atom. The van der Waals surface area contributed by atoms with Gasteiger partial charge in [-0.2, -0.15) is 18.4 Å². The maximum absolute atomic E-state index is 13.3. The van der Waals surface area contributed by atoms with Gasteiger partial charge in [0.2, 0.25) is 5.91 Å². The summed E-state index contributed by atoms with van der Waals surface area (Å²) in [5.41, 5.74) is -0.282. The standard InChI is InChI=1S/C16H10F4N2O/c17-14-6-3-11(9-13(14)16(18,19)20)10-1-4-12(5-2-10)22-15(23)7-8-21/h1-6,9H,7H2,(H,22,23). The van der Waals surface area contributed by atoms with Gasteiger partial charge in [0, 0.05) is 5.69 Å². The molecule has 0 unspecified atom stereocenters. The molecule has 0 heterocycles. The van der Waals surface area contributed by atoms with Crippen molar-refractivity contribution in [3.8, 4) is 17.2 Å². The van der Waals surface area contributed by atoms with E-state index in [1.165, 1.54) is 30.3 Å². The van der Waals surface area contributed by atoms with E-state index in [1.54, 1.807) is 6.07 Å².